The van der Waals surface area contributed by atoms with Crippen LogP contribution in [0.3, 0.4) is 0 Å². The van der Waals surface area contributed by atoms with Crippen molar-refractivity contribution in [3.8, 4) is 10.6 Å². The van der Waals surface area contributed by atoms with Gasteiger partial charge >= 0.3 is 0 Å². The van der Waals surface area contributed by atoms with Gasteiger partial charge in [0.2, 0.25) is 0 Å². The molecule has 2 heterocycles. The van der Waals surface area contributed by atoms with Crippen molar-refractivity contribution in [2.75, 3.05) is 0 Å². The Morgan fingerprint density at radius 2 is 2.00 bits per heavy atom. The van der Waals surface area contributed by atoms with Gasteiger partial charge in [0.1, 0.15) is 11.5 Å². The number of furan rings is 1. The SMILES string of the molecule is c1csc(-c2ccc(CNC34CC5CC(CC3C5)C4)o2)c1. The molecule has 6 rings (SSSR count). The second-order valence-electron chi connectivity index (χ2n) is 7.30. The van der Waals surface area contributed by atoms with Crippen molar-refractivity contribution in [3.05, 3.63) is 35.4 Å². The fourth-order valence-corrected chi connectivity index (χ4v) is 6.06. The van der Waals surface area contributed by atoms with Crippen LogP contribution < -0.4 is 5.32 Å². The van der Waals surface area contributed by atoms with Gasteiger partial charge in [0.05, 0.1) is 11.4 Å². The minimum absolute atomic E-state index is 0.448. The minimum Gasteiger partial charge on any atom is -0.459 e. The molecule has 21 heavy (non-hydrogen) atoms. The van der Waals surface area contributed by atoms with Crippen molar-refractivity contribution < 1.29 is 4.42 Å². The normalized spacial score (nSPS) is 36.7. The van der Waals surface area contributed by atoms with Gasteiger partial charge in [-0.3, -0.25) is 0 Å². The Labute approximate surface area is 129 Å². The summed E-state index contributed by atoms with van der Waals surface area (Å²) < 4.78 is 6.02. The molecule has 0 spiro atoms. The Morgan fingerprint density at radius 3 is 2.76 bits per heavy atom. The number of nitrogens with one attached hydrogen (secondary N) is 1. The molecular weight excluding hydrogens is 278 g/mol. The van der Waals surface area contributed by atoms with E-state index in [9.17, 15) is 0 Å². The molecule has 2 nitrogen and oxygen atoms in total. The van der Waals surface area contributed by atoms with Crippen LogP contribution in [0.5, 0.6) is 0 Å². The summed E-state index contributed by atoms with van der Waals surface area (Å²) >= 11 is 1.74. The third-order valence-electron chi connectivity index (χ3n) is 6.03. The molecule has 0 radical (unpaired) electrons. The van der Waals surface area contributed by atoms with Crippen molar-refractivity contribution in [2.45, 2.75) is 44.2 Å². The van der Waals surface area contributed by atoms with E-state index in [-0.39, 0.29) is 0 Å². The molecule has 110 valence electrons. The predicted octanol–water partition coefficient (Wildman–Crippen LogP) is 4.68. The average molecular weight is 299 g/mol. The molecule has 4 saturated carbocycles. The van der Waals surface area contributed by atoms with Crippen LogP contribution in [0.4, 0.5) is 0 Å². The molecule has 4 bridgehead atoms. The van der Waals surface area contributed by atoms with Gasteiger partial charge in [-0.25, -0.2) is 0 Å². The van der Waals surface area contributed by atoms with Gasteiger partial charge in [0, 0.05) is 5.54 Å². The molecule has 0 aliphatic heterocycles. The van der Waals surface area contributed by atoms with Gasteiger partial charge in [-0.2, -0.15) is 0 Å². The van der Waals surface area contributed by atoms with Crippen molar-refractivity contribution in [2.24, 2.45) is 17.8 Å². The summed E-state index contributed by atoms with van der Waals surface area (Å²) in [6.45, 7) is 0.890. The summed E-state index contributed by atoms with van der Waals surface area (Å²) in [4.78, 5) is 1.22. The quantitative estimate of drug-likeness (QED) is 0.887. The second-order valence-corrected chi connectivity index (χ2v) is 8.24. The molecule has 4 fully saturated rings. The molecule has 0 aromatic carbocycles. The van der Waals surface area contributed by atoms with E-state index in [1.165, 1.54) is 37.0 Å². The summed E-state index contributed by atoms with van der Waals surface area (Å²) in [7, 11) is 0. The first-order chi connectivity index (χ1) is 10.3. The van der Waals surface area contributed by atoms with Gasteiger partial charge in [0.15, 0.2) is 0 Å². The largest absolute Gasteiger partial charge is 0.459 e. The fraction of sp³-hybridized carbons (Fsp3) is 0.556. The van der Waals surface area contributed by atoms with Crippen LogP contribution in [-0.4, -0.2) is 5.54 Å². The Balaban J connectivity index is 1.31. The van der Waals surface area contributed by atoms with Crippen molar-refractivity contribution in [3.63, 3.8) is 0 Å². The number of rotatable bonds is 4. The van der Waals surface area contributed by atoms with Crippen LogP contribution in [0.15, 0.2) is 34.1 Å². The average Bonchev–Trinajstić information content (AvgIpc) is 3.20. The Kier molecular flexibility index (Phi) is 2.65. The van der Waals surface area contributed by atoms with Crippen LogP contribution in [-0.2, 0) is 6.54 Å². The van der Waals surface area contributed by atoms with Crippen LogP contribution in [0, 0.1) is 17.8 Å². The molecule has 4 aliphatic carbocycles. The van der Waals surface area contributed by atoms with Crippen molar-refractivity contribution >= 4 is 11.3 Å². The van der Waals surface area contributed by atoms with Gasteiger partial charge in [0.25, 0.3) is 0 Å². The molecule has 2 aromatic rings. The van der Waals surface area contributed by atoms with Crippen LogP contribution >= 0.6 is 11.3 Å². The highest BCUT2D eigenvalue weighted by Gasteiger charge is 2.57. The summed E-state index contributed by atoms with van der Waals surface area (Å²) in [5.41, 5.74) is 0.448. The summed E-state index contributed by atoms with van der Waals surface area (Å²) in [6.07, 6.45) is 7.27. The molecule has 1 N–H and O–H groups in total. The number of hydrogen-bond donors (Lipinski definition) is 1. The Bertz CT molecular complexity index is 630. The monoisotopic (exact) mass is 299 g/mol. The van der Waals surface area contributed by atoms with E-state index in [0.717, 1.165) is 35.8 Å². The van der Waals surface area contributed by atoms with Gasteiger partial charge in [-0.1, -0.05) is 6.07 Å². The molecule has 3 heteroatoms. The second kappa shape index (κ2) is 4.47. The number of hydrogen-bond acceptors (Lipinski definition) is 3. The van der Waals surface area contributed by atoms with E-state index in [1.54, 1.807) is 11.3 Å². The molecular formula is C18H21NOS. The first-order valence-electron chi connectivity index (χ1n) is 8.18. The summed E-state index contributed by atoms with van der Waals surface area (Å²) in [5, 5.41) is 6.00. The van der Waals surface area contributed by atoms with Crippen LogP contribution in [0.25, 0.3) is 10.6 Å². The maximum atomic E-state index is 6.02. The summed E-state index contributed by atoms with van der Waals surface area (Å²) in [5.74, 6) is 5.05. The number of thiophene rings is 1. The lowest BCUT2D eigenvalue weighted by molar-refractivity contribution is 0.228. The van der Waals surface area contributed by atoms with Gasteiger partial charge < -0.3 is 9.73 Å². The van der Waals surface area contributed by atoms with Crippen LogP contribution in [0.2, 0.25) is 0 Å². The first kappa shape index (κ1) is 12.5. The van der Waals surface area contributed by atoms with Crippen molar-refractivity contribution in [1.82, 2.24) is 5.32 Å². The lowest BCUT2D eigenvalue weighted by atomic mass is 9.80. The molecule has 2 aromatic heterocycles. The Hall–Kier alpha value is -1.06. The first-order valence-corrected chi connectivity index (χ1v) is 9.06. The third-order valence-corrected chi connectivity index (χ3v) is 6.91. The fourth-order valence-electron chi connectivity index (χ4n) is 5.37. The zero-order chi connectivity index (χ0) is 13.9. The third kappa shape index (κ3) is 1.94. The topological polar surface area (TPSA) is 25.2 Å². The van der Waals surface area contributed by atoms with E-state index >= 15 is 0 Å². The standard InChI is InChI=1S/C18H21NOS/c1-2-17(21-5-1)16-4-3-15(20-16)11-19-18-9-12-6-13(10-18)8-14(18)7-12/h1-5,12-14,19H,6-11H2. The minimum atomic E-state index is 0.448. The van der Waals surface area contributed by atoms with E-state index in [1.807, 2.05) is 0 Å². The zero-order valence-corrected chi connectivity index (χ0v) is 13.0. The maximum absolute atomic E-state index is 6.02. The molecule has 0 amide bonds. The lowest BCUT2D eigenvalue weighted by Crippen LogP contribution is -2.45. The van der Waals surface area contributed by atoms with Gasteiger partial charge in [-0.05, 0) is 73.4 Å². The van der Waals surface area contributed by atoms with Gasteiger partial charge in [-0.15, -0.1) is 11.3 Å². The molecule has 2 atom stereocenters. The predicted molar refractivity (Wildman–Crippen MR) is 85.1 cm³/mol. The lowest BCUT2D eigenvalue weighted by Gasteiger charge is -2.33. The molecule has 0 saturated heterocycles. The van der Waals surface area contributed by atoms with E-state index in [4.69, 9.17) is 4.42 Å². The van der Waals surface area contributed by atoms with E-state index < -0.39 is 0 Å². The zero-order valence-electron chi connectivity index (χ0n) is 12.2. The highest BCUT2D eigenvalue weighted by molar-refractivity contribution is 7.13. The Morgan fingerprint density at radius 1 is 1.14 bits per heavy atom. The van der Waals surface area contributed by atoms with Crippen LogP contribution in [0.1, 0.15) is 37.9 Å². The molecule has 2 unspecified atom stereocenters. The smallest absolute Gasteiger partial charge is 0.144 e. The summed E-state index contributed by atoms with van der Waals surface area (Å²) in [6, 6.07) is 8.45. The highest BCUT2D eigenvalue weighted by Crippen LogP contribution is 2.60. The molecule has 4 aliphatic rings. The highest BCUT2D eigenvalue weighted by atomic mass is 32.1. The van der Waals surface area contributed by atoms with E-state index in [2.05, 4.69) is 35.0 Å². The van der Waals surface area contributed by atoms with Crippen molar-refractivity contribution in [1.29, 1.82) is 0 Å². The maximum Gasteiger partial charge on any atom is 0.144 e. The van der Waals surface area contributed by atoms with E-state index in [0.29, 0.717) is 5.54 Å².